The van der Waals surface area contributed by atoms with Crippen LogP contribution >= 0.6 is 38.6 Å². The van der Waals surface area contributed by atoms with Gasteiger partial charge >= 0.3 is 0 Å². The molecule has 3 N–H and O–H groups in total. The van der Waals surface area contributed by atoms with Crippen LogP contribution in [-0.4, -0.2) is 20.9 Å². The van der Waals surface area contributed by atoms with E-state index in [9.17, 15) is 4.79 Å². The Hall–Kier alpha value is -1.58. The van der Waals surface area contributed by atoms with Crippen LogP contribution in [0.3, 0.4) is 0 Å². The van der Waals surface area contributed by atoms with Crippen molar-refractivity contribution in [2.24, 2.45) is 5.73 Å². The zero-order valence-electron chi connectivity index (χ0n) is 10.9. The number of amides is 1. The first-order valence-electron chi connectivity index (χ1n) is 5.95. The standard InChI is InChI=1S/C12H10BrN5OS2/c1-5-9(10(14)19)21-8(17-5)4-16-12-18-11-7(20-12)2-6(13)3-15-11/h2-3H,4H2,1H3,(H2,14,19)(H,15,16,18). The first-order chi connectivity index (χ1) is 10.0. The molecule has 0 aliphatic rings. The van der Waals surface area contributed by atoms with Gasteiger partial charge in [-0.2, -0.15) is 0 Å². The molecule has 3 aromatic heterocycles. The fourth-order valence-corrected chi connectivity index (χ4v) is 3.98. The molecule has 3 aromatic rings. The average Bonchev–Trinajstić information content (AvgIpc) is 2.99. The quantitative estimate of drug-likeness (QED) is 0.721. The van der Waals surface area contributed by atoms with Crippen LogP contribution in [0.15, 0.2) is 16.7 Å². The summed E-state index contributed by atoms with van der Waals surface area (Å²) in [5.74, 6) is -0.440. The number of thiazole rings is 2. The molecule has 9 heteroatoms. The number of primary amides is 1. The minimum Gasteiger partial charge on any atom is -0.365 e. The summed E-state index contributed by atoms with van der Waals surface area (Å²) in [6, 6.07) is 1.98. The predicted molar refractivity (Wildman–Crippen MR) is 87.8 cm³/mol. The Bertz CT molecular complexity index is 828. The summed E-state index contributed by atoms with van der Waals surface area (Å²) in [5.41, 5.74) is 6.66. The van der Waals surface area contributed by atoms with Gasteiger partial charge in [-0.1, -0.05) is 11.3 Å². The Balaban J connectivity index is 1.77. The van der Waals surface area contributed by atoms with E-state index in [0.29, 0.717) is 22.8 Å². The van der Waals surface area contributed by atoms with Gasteiger partial charge in [0, 0.05) is 10.7 Å². The van der Waals surface area contributed by atoms with Crippen LogP contribution in [0.4, 0.5) is 5.13 Å². The van der Waals surface area contributed by atoms with E-state index in [1.807, 2.05) is 6.07 Å². The monoisotopic (exact) mass is 383 g/mol. The Kier molecular flexibility index (Phi) is 3.87. The minimum absolute atomic E-state index is 0.440. The summed E-state index contributed by atoms with van der Waals surface area (Å²) in [5, 5.41) is 4.77. The number of aryl methyl sites for hydroxylation is 1. The zero-order chi connectivity index (χ0) is 15.0. The van der Waals surface area contributed by atoms with E-state index < -0.39 is 5.91 Å². The van der Waals surface area contributed by atoms with Crippen molar-refractivity contribution in [2.45, 2.75) is 13.5 Å². The van der Waals surface area contributed by atoms with Crippen LogP contribution in [-0.2, 0) is 6.54 Å². The van der Waals surface area contributed by atoms with Gasteiger partial charge in [-0.15, -0.1) is 11.3 Å². The molecule has 0 fully saturated rings. The smallest absolute Gasteiger partial charge is 0.260 e. The number of halogens is 1. The molecule has 0 saturated carbocycles. The van der Waals surface area contributed by atoms with Crippen LogP contribution < -0.4 is 11.1 Å². The lowest BCUT2D eigenvalue weighted by molar-refractivity contribution is 0.100. The first kappa shape index (κ1) is 14.4. The van der Waals surface area contributed by atoms with Gasteiger partial charge in [-0.25, -0.2) is 15.0 Å². The third kappa shape index (κ3) is 3.04. The van der Waals surface area contributed by atoms with Gasteiger partial charge in [0.1, 0.15) is 9.88 Å². The summed E-state index contributed by atoms with van der Waals surface area (Å²) >= 11 is 6.21. The Morgan fingerprint density at radius 2 is 2.24 bits per heavy atom. The maximum Gasteiger partial charge on any atom is 0.260 e. The Morgan fingerprint density at radius 3 is 2.95 bits per heavy atom. The van der Waals surface area contributed by atoms with Crippen LogP contribution in [0.1, 0.15) is 20.4 Å². The number of anilines is 1. The number of nitrogens with one attached hydrogen (secondary N) is 1. The van der Waals surface area contributed by atoms with Crippen molar-refractivity contribution in [1.82, 2.24) is 15.0 Å². The van der Waals surface area contributed by atoms with Crippen molar-refractivity contribution in [3.8, 4) is 0 Å². The number of rotatable bonds is 4. The molecule has 0 aliphatic carbocycles. The van der Waals surface area contributed by atoms with E-state index in [2.05, 4.69) is 36.2 Å². The molecule has 0 spiro atoms. The Morgan fingerprint density at radius 1 is 1.43 bits per heavy atom. The fourth-order valence-electron chi connectivity index (χ4n) is 1.78. The second kappa shape index (κ2) is 5.66. The molecular formula is C12H10BrN5OS2. The molecule has 0 aromatic carbocycles. The third-order valence-electron chi connectivity index (χ3n) is 2.67. The van der Waals surface area contributed by atoms with Crippen molar-refractivity contribution in [2.75, 3.05) is 5.32 Å². The molecule has 0 radical (unpaired) electrons. The highest BCUT2D eigenvalue weighted by molar-refractivity contribution is 9.10. The first-order valence-corrected chi connectivity index (χ1v) is 8.37. The number of aromatic nitrogens is 3. The molecule has 6 nitrogen and oxygen atoms in total. The molecule has 0 aliphatic heterocycles. The molecule has 21 heavy (non-hydrogen) atoms. The zero-order valence-corrected chi connectivity index (χ0v) is 14.1. The van der Waals surface area contributed by atoms with Crippen LogP contribution in [0.2, 0.25) is 0 Å². The molecule has 0 unspecified atom stereocenters. The average molecular weight is 384 g/mol. The predicted octanol–water partition coefficient (Wildman–Crippen LogP) is 2.93. The molecule has 3 heterocycles. The number of hydrogen-bond acceptors (Lipinski definition) is 7. The largest absolute Gasteiger partial charge is 0.365 e. The molecule has 108 valence electrons. The van der Waals surface area contributed by atoms with Gasteiger partial charge < -0.3 is 11.1 Å². The normalized spacial score (nSPS) is 11.0. The summed E-state index contributed by atoms with van der Waals surface area (Å²) < 4.78 is 1.92. The van der Waals surface area contributed by atoms with Gasteiger partial charge in [0.25, 0.3) is 5.91 Å². The molecule has 1 amide bonds. The number of nitrogens with zero attached hydrogens (tertiary/aromatic N) is 3. The van der Waals surface area contributed by atoms with Gasteiger partial charge in [0.2, 0.25) is 0 Å². The number of fused-ring (bicyclic) bond motifs is 1. The summed E-state index contributed by atoms with van der Waals surface area (Å²) in [7, 11) is 0. The lowest BCUT2D eigenvalue weighted by atomic mass is 10.4. The van der Waals surface area contributed by atoms with Gasteiger partial charge in [-0.05, 0) is 28.9 Å². The van der Waals surface area contributed by atoms with Crippen molar-refractivity contribution >= 4 is 60.0 Å². The fraction of sp³-hybridized carbons (Fsp3) is 0.167. The van der Waals surface area contributed by atoms with Crippen molar-refractivity contribution < 1.29 is 4.79 Å². The van der Waals surface area contributed by atoms with E-state index in [-0.39, 0.29) is 0 Å². The van der Waals surface area contributed by atoms with Crippen LogP contribution in [0.25, 0.3) is 10.3 Å². The van der Waals surface area contributed by atoms with E-state index in [1.165, 1.54) is 22.7 Å². The number of hydrogen-bond donors (Lipinski definition) is 2. The minimum atomic E-state index is -0.440. The van der Waals surface area contributed by atoms with E-state index in [0.717, 1.165) is 19.3 Å². The number of carbonyl (C=O) groups is 1. The van der Waals surface area contributed by atoms with Gasteiger partial charge in [-0.3, -0.25) is 4.79 Å². The van der Waals surface area contributed by atoms with Gasteiger partial charge in [0.15, 0.2) is 10.8 Å². The van der Waals surface area contributed by atoms with E-state index in [4.69, 9.17) is 5.73 Å². The summed E-state index contributed by atoms with van der Waals surface area (Å²) in [4.78, 5) is 24.7. The van der Waals surface area contributed by atoms with E-state index >= 15 is 0 Å². The molecule has 0 atom stereocenters. The summed E-state index contributed by atoms with van der Waals surface area (Å²) in [6.07, 6.45) is 1.72. The molecule has 3 rings (SSSR count). The maximum atomic E-state index is 11.2. The molecule has 0 bridgehead atoms. The number of pyridine rings is 1. The van der Waals surface area contributed by atoms with Crippen LogP contribution in [0.5, 0.6) is 0 Å². The lowest BCUT2D eigenvalue weighted by Gasteiger charge is -1.97. The highest BCUT2D eigenvalue weighted by atomic mass is 79.9. The number of nitrogens with two attached hydrogens (primary N) is 1. The topological polar surface area (TPSA) is 93.8 Å². The molecule has 0 saturated heterocycles. The highest BCUT2D eigenvalue weighted by Gasteiger charge is 2.12. The number of carbonyl (C=O) groups excluding carboxylic acids is 1. The third-order valence-corrected chi connectivity index (χ3v) is 5.22. The highest BCUT2D eigenvalue weighted by Crippen LogP contribution is 2.27. The van der Waals surface area contributed by atoms with Crippen molar-refractivity contribution in [1.29, 1.82) is 0 Å². The van der Waals surface area contributed by atoms with Crippen molar-refractivity contribution in [3.63, 3.8) is 0 Å². The van der Waals surface area contributed by atoms with Crippen LogP contribution in [0, 0.1) is 6.92 Å². The second-order valence-electron chi connectivity index (χ2n) is 4.23. The summed E-state index contributed by atoms with van der Waals surface area (Å²) in [6.45, 7) is 2.28. The molecular weight excluding hydrogens is 374 g/mol. The van der Waals surface area contributed by atoms with Gasteiger partial charge in [0.05, 0.1) is 16.9 Å². The van der Waals surface area contributed by atoms with Crippen molar-refractivity contribution in [3.05, 3.63) is 32.3 Å². The second-order valence-corrected chi connectivity index (χ2v) is 7.26. The maximum absolute atomic E-state index is 11.2. The van der Waals surface area contributed by atoms with E-state index in [1.54, 1.807) is 13.1 Å². The Labute approximate surface area is 136 Å². The lowest BCUT2D eigenvalue weighted by Crippen LogP contribution is -2.09. The SMILES string of the molecule is Cc1nc(CNc2nc3ncc(Br)cc3s2)sc1C(N)=O.